The molecule has 0 unspecified atom stereocenters. The normalized spacial score (nSPS) is 10.4. The van der Waals surface area contributed by atoms with Crippen LogP contribution in [-0.4, -0.2) is 25.1 Å². The van der Waals surface area contributed by atoms with E-state index < -0.39 is 0 Å². The van der Waals surface area contributed by atoms with Gasteiger partial charge in [-0.05, 0) is 40.6 Å². The zero-order chi connectivity index (χ0) is 16.9. The number of nitrogens with one attached hydrogen (secondary N) is 1. The number of thiophene rings is 1. The second-order valence-corrected chi connectivity index (χ2v) is 6.60. The van der Waals surface area contributed by atoms with E-state index in [1.165, 1.54) is 11.3 Å². The van der Waals surface area contributed by atoms with Gasteiger partial charge in [0.1, 0.15) is 0 Å². The Kier molecular flexibility index (Phi) is 5.12. The van der Waals surface area contributed by atoms with Crippen molar-refractivity contribution in [3.05, 3.63) is 46.0 Å². The molecule has 1 aromatic carbocycles. The highest BCUT2D eigenvalue weighted by Gasteiger charge is 2.11. The summed E-state index contributed by atoms with van der Waals surface area (Å²) in [7, 11) is 3.19. The van der Waals surface area contributed by atoms with Gasteiger partial charge in [0.25, 0.3) is 0 Å². The van der Waals surface area contributed by atoms with Gasteiger partial charge in [0.2, 0.25) is 5.91 Å². The van der Waals surface area contributed by atoms with Crippen molar-refractivity contribution in [2.24, 2.45) is 0 Å². The molecule has 5 nitrogen and oxygen atoms in total. The van der Waals surface area contributed by atoms with Crippen molar-refractivity contribution < 1.29 is 14.3 Å². The van der Waals surface area contributed by atoms with Gasteiger partial charge in [0, 0.05) is 10.9 Å². The van der Waals surface area contributed by atoms with E-state index in [1.54, 1.807) is 25.6 Å². The number of carbonyl (C=O) groups is 1. The summed E-state index contributed by atoms with van der Waals surface area (Å²) in [5.41, 5.74) is 2.70. The van der Waals surface area contributed by atoms with Gasteiger partial charge in [-0.1, -0.05) is 0 Å². The molecule has 1 amide bonds. The van der Waals surface area contributed by atoms with Crippen molar-refractivity contribution in [2.45, 2.75) is 6.42 Å². The van der Waals surface area contributed by atoms with E-state index in [2.05, 4.69) is 10.3 Å². The highest BCUT2D eigenvalue weighted by molar-refractivity contribution is 7.14. The number of nitrogens with zero attached hydrogens (tertiary/aromatic N) is 1. The van der Waals surface area contributed by atoms with E-state index in [0.29, 0.717) is 23.1 Å². The summed E-state index contributed by atoms with van der Waals surface area (Å²) in [5, 5.41) is 9.25. The molecule has 1 N–H and O–H groups in total. The molecule has 124 valence electrons. The van der Waals surface area contributed by atoms with Gasteiger partial charge in [-0.25, -0.2) is 4.98 Å². The minimum atomic E-state index is -0.0680. The first-order valence-electron chi connectivity index (χ1n) is 7.18. The topological polar surface area (TPSA) is 60.5 Å². The molecule has 2 aromatic heterocycles. The maximum Gasteiger partial charge on any atom is 0.230 e. The lowest BCUT2D eigenvalue weighted by atomic mass is 10.1. The Bertz CT molecular complexity index is 828. The predicted molar refractivity (Wildman–Crippen MR) is 97.3 cm³/mol. The third kappa shape index (κ3) is 3.74. The molecule has 0 atom stereocenters. The molecule has 0 aliphatic carbocycles. The van der Waals surface area contributed by atoms with E-state index in [0.717, 1.165) is 16.8 Å². The third-order valence-corrected chi connectivity index (χ3v) is 4.86. The van der Waals surface area contributed by atoms with Crippen LogP contribution < -0.4 is 14.8 Å². The van der Waals surface area contributed by atoms with Crippen LogP contribution in [0.3, 0.4) is 0 Å². The van der Waals surface area contributed by atoms with Crippen LogP contribution in [0.4, 0.5) is 5.13 Å². The fourth-order valence-corrected chi connectivity index (χ4v) is 3.61. The smallest absolute Gasteiger partial charge is 0.230 e. The van der Waals surface area contributed by atoms with Crippen molar-refractivity contribution in [3.8, 4) is 22.8 Å². The monoisotopic (exact) mass is 360 g/mol. The fraction of sp³-hybridized carbons (Fsp3) is 0.176. The first-order valence-corrected chi connectivity index (χ1v) is 9.00. The van der Waals surface area contributed by atoms with Crippen LogP contribution in [0, 0.1) is 0 Å². The summed E-state index contributed by atoms with van der Waals surface area (Å²) in [5.74, 6) is 1.24. The molecule has 0 aliphatic heterocycles. The van der Waals surface area contributed by atoms with Gasteiger partial charge in [0.05, 0.1) is 26.3 Å². The molecule has 2 heterocycles. The highest BCUT2D eigenvalue weighted by atomic mass is 32.1. The van der Waals surface area contributed by atoms with Gasteiger partial charge in [-0.15, -0.1) is 11.3 Å². The van der Waals surface area contributed by atoms with Crippen molar-refractivity contribution in [3.63, 3.8) is 0 Å². The minimum Gasteiger partial charge on any atom is -0.493 e. The molecule has 0 bridgehead atoms. The molecule has 0 aliphatic rings. The number of amides is 1. The van der Waals surface area contributed by atoms with Gasteiger partial charge in [-0.2, -0.15) is 11.3 Å². The maximum atomic E-state index is 12.0. The van der Waals surface area contributed by atoms with E-state index in [-0.39, 0.29) is 5.91 Å². The van der Waals surface area contributed by atoms with Crippen LogP contribution in [0.25, 0.3) is 11.3 Å². The molecular formula is C17H16N2O3S2. The first-order chi connectivity index (χ1) is 11.7. The van der Waals surface area contributed by atoms with Gasteiger partial charge in [0.15, 0.2) is 16.6 Å². The molecular weight excluding hydrogens is 344 g/mol. The summed E-state index contributed by atoms with van der Waals surface area (Å²) >= 11 is 2.98. The van der Waals surface area contributed by atoms with Crippen LogP contribution >= 0.6 is 22.7 Å². The first kappa shape index (κ1) is 16.5. The number of aromatic nitrogens is 1. The van der Waals surface area contributed by atoms with E-state index in [9.17, 15) is 4.79 Å². The van der Waals surface area contributed by atoms with Crippen molar-refractivity contribution in [1.82, 2.24) is 4.98 Å². The highest BCUT2D eigenvalue weighted by Crippen LogP contribution is 2.33. The van der Waals surface area contributed by atoms with Gasteiger partial charge < -0.3 is 14.8 Å². The second-order valence-electron chi connectivity index (χ2n) is 4.96. The summed E-state index contributed by atoms with van der Waals surface area (Å²) < 4.78 is 10.5. The predicted octanol–water partition coefficient (Wildman–Crippen LogP) is 4.07. The minimum absolute atomic E-state index is 0.0680. The Labute approximate surface area is 147 Å². The summed E-state index contributed by atoms with van der Waals surface area (Å²) in [6, 6.07) is 7.56. The number of rotatable bonds is 6. The lowest BCUT2D eigenvalue weighted by molar-refractivity contribution is -0.115. The maximum absolute atomic E-state index is 12.0. The number of anilines is 1. The summed E-state index contributed by atoms with van der Waals surface area (Å²) in [6.07, 6.45) is 0.356. The third-order valence-electron chi connectivity index (χ3n) is 3.37. The van der Waals surface area contributed by atoms with Crippen molar-refractivity contribution in [1.29, 1.82) is 0 Å². The molecule has 0 saturated carbocycles. The zero-order valence-electron chi connectivity index (χ0n) is 13.2. The molecule has 0 radical (unpaired) electrons. The standard InChI is InChI=1S/C17H16N2O3S2/c1-21-14-4-3-12(8-15(14)22-2)13-10-24-17(18-13)19-16(20)7-11-5-6-23-9-11/h3-6,8-10H,7H2,1-2H3,(H,18,19,20). The number of thiazole rings is 1. The fourth-order valence-electron chi connectivity index (χ4n) is 2.20. The Morgan fingerprint density at radius 2 is 2.00 bits per heavy atom. The molecule has 24 heavy (non-hydrogen) atoms. The van der Waals surface area contributed by atoms with Crippen molar-refractivity contribution >= 4 is 33.7 Å². The van der Waals surface area contributed by atoms with Gasteiger partial charge >= 0.3 is 0 Å². The van der Waals surface area contributed by atoms with Crippen LogP contribution in [0.5, 0.6) is 11.5 Å². The van der Waals surface area contributed by atoms with Crippen LogP contribution in [0.15, 0.2) is 40.4 Å². The quantitative estimate of drug-likeness (QED) is 0.720. The second kappa shape index (κ2) is 7.46. The SMILES string of the molecule is COc1ccc(-c2csc(NC(=O)Cc3ccsc3)n2)cc1OC. The van der Waals surface area contributed by atoms with Gasteiger partial charge in [-0.3, -0.25) is 4.79 Å². The number of methoxy groups -OCH3 is 2. The Balaban J connectivity index is 1.72. The Morgan fingerprint density at radius 3 is 2.71 bits per heavy atom. The van der Waals surface area contributed by atoms with Crippen LogP contribution in [-0.2, 0) is 11.2 Å². The van der Waals surface area contributed by atoms with E-state index >= 15 is 0 Å². The Morgan fingerprint density at radius 1 is 1.17 bits per heavy atom. The van der Waals surface area contributed by atoms with Crippen molar-refractivity contribution in [2.75, 3.05) is 19.5 Å². The number of benzene rings is 1. The Hall–Kier alpha value is -2.38. The molecule has 3 aromatic rings. The van der Waals surface area contributed by atoms with Crippen LogP contribution in [0.2, 0.25) is 0 Å². The lowest BCUT2D eigenvalue weighted by Gasteiger charge is -2.08. The number of hydrogen-bond donors (Lipinski definition) is 1. The zero-order valence-corrected chi connectivity index (χ0v) is 14.9. The molecule has 0 spiro atoms. The molecule has 3 rings (SSSR count). The number of ether oxygens (including phenoxy) is 2. The largest absolute Gasteiger partial charge is 0.493 e. The summed E-state index contributed by atoms with van der Waals surface area (Å²) in [6.45, 7) is 0. The molecule has 0 fully saturated rings. The summed E-state index contributed by atoms with van der Waals surface area (Å²) in [4.78, 5) is 16.5. The van der Waals surface area contributed by atoms with E-state index in [1.807, 2.05) is 40.4 Å². The van der Waals surface area contributed by atoms with Crippen LogP contribution in [0.1, 0.15) is 5.56 Å². The number of hydrogen-bond acceptors (Lipinski definition) is 6. The average molecular weight is 360 g/mol. The number of carbonyl (C=O) groups excluding carboxylic acids is 1. The average Bonchev–Trinajstić information content (AvgIpc) is 3.26. The molecule has 7 heteroatoms. The lowest BCUT2D eigenvalue weighted by Crippen LogP contribution is -2.13. The van der Waals surface area contributed by atoms with E-state index in [4.69, 9.17) is 9.47 Å². The molecule has 0 saturated heterocycles.